The van der Waals surface area contributed by atoms with Crippen LogP contribution in [0.25, 0.3) is 0 Å². The van der Waals surface area contributed by atoms with Crippen LogP contribution in [-0.4, -0.2) is 0 Å². The lowest BCUT2D eigenvalue weighted by Gasteiger charge is -2.18. The highest BCUT2D eigenvalue weighted by atomic mass is 79.9. The van der Waals surface area contributed by atoms with Crippen molar-refractivity contribution in [3.05, 3.63) is 45.4 Å². The molecule has 2 nitrogen and oxygen atoms in total. The molecule has 88 valence electrons. The maximum atomic E-state index is 6.15. The predicted molar refractivity (Wildman–Crippen MR) is 73.3 cm³/mol. The van der Waals surface area contributed by atoms with Gasteiger partial charge in [0.2, 0.25) is 0 Å². The second-order valence-corrected chi connectivity index (χ2v) is 5.20. The summed E-state index contributed by atoms with van der Waals surface area (Å²) in [4.78, 5) is 0. The van der Waals surface area contributed by atoms with Crippen LogP contribution in [0.3, 0.4) is 0 Å². The van der Waals surface area contributed by atoms with Gasteiger partial charge in [-0.3, -0.25) is 11.3 Å². The van der Waals surface area contributed by atoms with Gasteiger partial charge in [-0.05, 0) is 43.5 Å². The summed E-state index contributed by atoms with van der Waals surface area (Å²) in [6.45, 7) is 5.89. The Morgan fingerprint density at radius 2 is 2.31 bits per heavy atom. The number of halogens is 2. The van der Waals surface area contributed by atoms with Crippen LogP contribution in [0, 0.1) is 0 Å². The zero-order valence-electron chi connectivity index (χ0n) is 9.26. The van der Waals surface area contributed by atoms with Crippen LogP contribution in [0.2, 0.25) is 5.02 Å². The van der Waals surface area contributed by atoms with Crippen molar-refractivity contribution in [2.45, 2.75) is 25.8 Å². The molecule has 3 N–H and O–H groups in total. The number of hydrogen-bond acceptors (Lipinski definition) is 2. The number of nitrogens with one attached hydrogen (secondary N) is 1. The molecular formula is C12H16BrClN2. The summed E-state index contributed by atoms with van der Waals surface area (Å²) in [6, 6.07) is 5.83. The molecule has 1 aromatic rings. The molecule has 0 heterocycles. The number of hydrogen-bond donors (Lipinski definition) is 2. The summed E-state index contributed by atoms with van der Waals surface area (Å²) >= 11 is 9.58. The highest BCUT2D eigenvalue weighted by molar-refractivity contribution is 9.10. The fraction of sp³-hybridized carbons (Fsp3) is 0.333. The largest absolute Gasteiger partial charge is 0.271 e. The maximum Gasteiger partial charge on any atom is 0.0478 e. The predicted octanol–water partition coefficient (Wildman–Crippen LogP) is 3.96. The molecule has 1 rings (SSSR count). The van der Waals surface area contributed by atoms with Gasteiger partial charge in [0.25, 0.3) is 0 Å². The molecule has 0 amide bonds. The van der Waals surface area contributed by atoms with E-state index in [1.165, 1.54) is 0 Å². The Morgan fingerprint density at radius 1 is 1.62 bits per heavy atom. The van der Waals surface area contributed by atoms with Gasteiger partial charge in [-0.2, -0.15) is 0 Å². The third kappa shape index (κ3) is 3.91. The molecule has 0 aromatic heterocycles. The van der Waals surface area contributed by atoms with Gasteiger partial charge in [0.05, 0.1) is 0 Å². The second kappa shape index (κ2) is 6.40. The van der Waals surface area contributed by atoms with Crippen LogP contribution >= 0.6 is 27.5 Å². The minimum atomic E-state index is 0.0571. The first-order valence-corrected chi connectivity index (χ1v) is 6.27. The standard InChI is InChI=1S/C12H16BrClN2/c1-8(2)3-6-12(16-15)10-7-9(13)4-5-11(10)14/h4-5,7,12,16H,1,3,6,15H2,2H3. The zero-order chi connectivity index (χ0) is 12.1. The van der Waals surface area contributed by atoms with Gasteiger partial charge in [-0.15, -0.1) is 6.58 Å². The van der Waals surface area contributed by atoms with Gasteiger partial charge >= 0.3 is 0 Å². The van der Waals surface area contributed by atoms with Gasteiger partial charge in [0.1, 0.15) is 0 Å². The van der Waals surface area contributed by atoms with Crippen LogP contribution in [0.4, 0.5) is 0 Å². The van der Waals surface area contributed by atoms with Crippen molar-refractivity contribution in [1.29, 1.82) is 0 Å². The molecule has 0 aliphatic carbocycles. The van der Waals surface area contributed by atoms with Gasteiger partial charge in [-0.1, -0.05) is 33.1 Å². The fourth-order valence-electron chi connectivity index (χ4n) is 1.50. The fourth-order valence-corrected chi connectivity index (χ4v) is 2.13. The van der Waals surface area contributed by atoms with Crippen LogP contribution in [0.5, 0.6) is 0 Å². The SMILES string of the molecule is C=C(C)CCC(NN)c1cc(Br)ccc1Cl. The summed E-state index contributed by atoms with van der Waals surface area (Å²) < 4.78 is 1.00. The summed E-state index contributed by atoms with van der Waals surface area (Å²) in [5, 5.41) is 0.730. The Labute approximate surface area is 110 Å². The molecule has 0 bridgehead atoms. The number of allylic oxidation sites excluding steroid dienone is 1. The molecule has 0 aliphatic rings. The molecule has 1 aromatic carbocycles. The van der Waals surface area contributed by atoms with Crippen LogP contribution in [-0.2, 0) is 0 Å². The van der Waals surface area contributed by atoms with Gasteiger partial charge in [0.15, 0.2) is 0 Å². The van der Waals surface area contributed by atoms with E-state index in [2.05, 4.69) is 27.9 Å². The van der Waals surface area contributed by atoms with E-state index in [0.29, 0.717) is 0 Å². The monoisotopic (exact) mass is 302 g/mol. The lowest BCUT2D eigenvalue weighted by atomic mass is 10.0. The molecule has 0 saturated heterocycles. The average Bonchev–Trinajstić information content (AvgIpc) is 2.23. The Bertz CT molecular complexity index is 379. The molecule has 1 unspecified atom stereocenters. The lowest BCUT2D eigenvalue weighted by molar-refractivity contribution is 0.515. The smallest absolute Gasteiger partial charge is 0.0478 e. The van der Waals surface area contributed by atoms with E-state index in [9.17, 15) is 0 Å². The van der Waals surface area contributed by atoms with E-state index >= 15 is 0 Å². The zero-order valence-corrected chi connectivity index (χ0v) is 11.6. The quantitative estimate of drug-likeness (QED) is 0.491. The number of hydrazine groups is 1. The van der Waals surface area contributed by atoms with Crippen LogP contribution < -0.4 is 11.3 Å². The van der Waals surface area contributed by atoms with Gasteiger partial charge in [-0.25, -0.2) is 0 Å². The van der Waals surface area contributed by atoms with Crippen molar-refractivity contribution in [3.8, 4) is 0 Å². The van der Waals surface area contributed by atoms with Crippen molar-refractivity contribution < 1.29 is 0 Å². The number of nitrogens with two attached hydrogens (primary N) is 1. The van der Waals surface area contributed by atoms with Gasteiger partial charge < -0.3 is 0 Å². The average molecular weight is 304 g/mol. The van der Waals surface area contributed by atoms with E-state index in [4.69, 9.17) is 17.4 Å². The maximum absolute atomic E-state index is 6.15. The first kappa shape index (κ1) is 13.7. The molecule has 4 heteroatoms. The summed E-state index contributed by atoms with van der Waals surface area (Å²) in [5.41, 5.74) is 4.95. The molecule has 0 fully saturated rings. The van der Waals surface area contributed by atoms with Crippen molar-refractivity contribution in [1.82, 2.24) is 5.43 Å². The second-order valence-electron chi connectivity index (χ2n) is 3.88. The third-order valence-electron chi connectivity index (χ3n) is 2.39. The van der Waals surface area contributed by atoms with Crippen molar-refractivity contribution in [3.63, 3.8) is 0 Å². The third-order valence-corrected chi connectivity index (χ3v) is 3.23. The van der Waals surface area contributed by atoms with Crippen molar-refractivity contribution in [2.24, 2.45) is 5.84 Å². The molecule has 1 atom stereocenters. The minimum Gasteiger partial charge on any atom is -0.271 e. The Balaban J connectivity index is 2.85. The molecular weight excluding hydrogens is 288 g/mol. The molecule has 0 saturated carbocycles. The number of rotatable bonds is 5. The molecule has 0 aliphatic heterocycles. The van der Waals surface area contributed by atoms with Crippen LogP contribution in [0.15, 0.2) is 34.8 Å². The Hall–Kier alpha value is -0.350. The lowest BCUT2D eigenvalue weighted by Crippen LogP contribution is -2.28. The highest BCUT2D eigenvalue weighted by Crippen LogP contribution is 2.29. The van der Waals surface area contributed by atoms with E-state index < -0.39 is 0 Å². The highest BCUT2D eigenvalue weighted by Gasteiger charge is 2.13. The minimum absolute atomic E-state index is 0.0571. The summed E-state index contributed by atoms with van der Waals surface area (Å²) in [5.74, 6) is 5.56. The van der Waals surface area contributed by atoms with Crippen molar-refractivity contribution in [2.75, 3.05) is 0 Å². The Morgan fingerprint density at radius 3 is 2.88 bits per heavy atom. The van der Waals surface area contributed by atoms with Crippen LogP contribution in [0.1, 0.15) is 31.4 Å². The van der Waals surface area contributed by atoms with Gasteiger partial charge in [0, 0.05) is 15.5 Å². The molecule has 16 heavy (non-hydrogen) atoms. The molecule has 0 radical (unpaired) electrons. The summed E-state index contributed by atoms with van der Waals surface area (Å²) in [7, 11) is 0. The topological polar surface area (TPSA) is 38.0 Å². The van der Waals surface area contributed by atoms with E-state index in [-0.39, 0.29) is 6.04 Å². The first-order chi connectivity index (χ1) is 7.54. The summed E-state index contributed by atoms with van der Waals surface area (Å²) in [6.07, 6.45) is 1.82. The van der Waals surface area contributed by atoms with E-state index in [1.807, 2.05) is 25.1 Å². The first-order valence-electron chi connectivity index (χ1n) is 5.10. The van der Waals surface area contributed by atoms with E-state index in [0.717, 1.165) is 33.5 Å². The Kier molecular flexibility index (Phi) is 5.49. The molecule has 0 spiro atoms. The van der Waals surface area contributed by atoms with Crippen molar-refractivity contribution >= 4 is 27.5 Å². The normalized spacial score (nSPS) is 12.5. The number of benzene rings is 1. The van der Waals surface area contributed by atoms with E-state index in [1.54, 1.807) is 0 Å².